The number of aryl methyl sites for hydroxylation is 1. The fourth-order valence-corrected chi connectivity index (χ4v) is 2.69. The van der Waals surface area contributed by atoms with Crippen molar-refractivity contribution in [2.45, 2.75) is 19.9 Å². The summed E-state index contributed by atoms with van der Waals surface area (Å²) in [5.41, 5.74) is 2.35. The number of oxazole rings is 1. The van der Waals surface area contributed by atoms with Crippen molar-refractivity contribution in [2.75, 3.05) is 32.3 Å². The van der Waals surface area contributed by atoms with E-state index in [2.05, 4.69) is 32.0 Å². The zero-order valence-electron chi connectivity index (χ0n) is 14.7. The first-order valence-corrected chi connectivity index (χ1v) is 8.16. The van der Waals surface area contributed by atoms with Crippen LogP contribution in [0.25, 0.3) is 11.2 Å². The van der Waals surface area contributed by atoms with E-state index in [1.807, 2.05) is 19.1 Å². The summed E-state index contributed by atoms with van der Waals surface area (Å²) >= 11 is 0. The molecule has 3 rings (SSSR count). The van der Waals surface area contributed by atoms with E-state index in [1.54, 1.807) is 14.2 Å². The molecule has 1 aromatic carbocycles. The number of nitrogens with zero attached hydrogens (tertiary/aromatic N) is 4. The van der Waals surface area contributed by atoms with Crippen molar-refractivity contribution < 1.29 is 13.9 Å². The summed E-state index contributed by atoms with van der Waals surface area (Å²) in [6.45, 7) is 3.99. The number of methoxy groups -OCH3 is 2. The molecule has 0 aliphatic carbocycles. The molecule has 25 heavy (non-hydrogen) atoms. The van der Waals surface area contributed by atoms with Crippen LogP contribution in [-0.4, -0.2) is 42.3 Å². The number of hydrogen-bond donors (Lipinski definition) is 0. The second-order valence-electron chi connectivity index (χ2n) is 5.70. The van der Waals surface area contributed by atoms with E-state index >= 15 is 0 Å². The first-order valence-electron chi connectivity index (χ1n) is 8.16. The number of anilines is 1. The molecule has 0 fully saturated rings. The maximum absolute atomic E-state index is 5.53. The Hall–Kier alpha value is -2.67. The smallest absolute Gasteiger partial charge is 0.252 e. The summed E-state index contributed by atoms with van der Waals surface area (Å²) in [4.78, 5) is 15.2. The van der Waals surface area contributed by atoms with Gasteiger partial charge in [0.1, 0.15) is 12.1 Å². The first-order chi connectivity index (χ1) is 12.2. The molecular formula is C18H22N4O3. The van der Waals surface area contributed by atoms with Crippen molar-refractivity contribution in [3.63, 3.8) is 0 Å². The third-order valence-corrected chi connectivity index (χ3v) is 3.89. The zero-order valence-corrected chi connectivity index (χ0v) is 14.7. The summed E-state index contributed by atoms with van der Waals surface area (Å²) in [6, 6.07) is 8.01. The van der Waals surface area contributed by atoms with Crippen LogP contribution >= 0.6 is 0 Å². The van der Waals surface area contributed by atoms with Gasteiger partial charge in [0.2, 0.25) is 0 Å². The summed E-state index contributed by atoms with van der Waals surface area (Å²) in [5.74, 6) is 2.19. The normalized spacial score (nSPS) is 11.0. The molecule has 2 heterocycles. The van der Waals surface area contributed by atoms with Gasteiger partial charge in [0.25, 0.3) is 5.71 Å². The molecule has 0 aliphatic heterocycles. The van der Waals surface area contributed by atoms with E-state index in [4.69, 9.17) is 13.9 Å². The van der Waals surface area contributed by atoms with Gasteiger partial charge in [0, 0.05) is 33.7 Å². The number of ether oxygens (including phenoxy) is 2. The van der Waals surface area contributed by atoms with E-state index < -0.39 is 0 Å². The van der Waals surface area contributed by atoms with Crippen molar-refractivity contribution in [2.24, 2.45) is 0 Å². The highest BCUT2D eigenvalue weighted by atomic mass is 16.5. The molecule has 132 valence electrons. The molecular weight excluding hydrogens is 320 g/mol. The van der Waals surface area contributed by atoms with E-state index in [-0.39, 0.29) is 0 Å². The van der Waals surface area contributed by atoms with Gasteiger partial charge in [-0.25, -0.2) is 9.97 Å². The maximum Gasteiger partial charge on any atom is 0.252 e. The second-order valence-corrected chi connectivity index (χ2v) is 5.70. The van der Waals surface area contributed by atoms with Crippen LogP contribution in [0.15, 0.2) is 35.0 Å². The van der Waals surface area contributed by atoms with Gasteiger partial charge in [-0.1, -0.05) is 12.1 Å². The largest absolute Gasteiger partial charge is 0.497 e. The summed E-state index contributed by atoms with van der Waals surface area (Å²) in [5, 5.41) is 0. The first kappa shape index (κ1) is 17.2. The van der Waals surface area contributed by atoms with Gasteiger partial charge in [-0.05, 0) is 24.1 Å². The van der Waals surface area contributed by atoms with Crippen molar-refractivity contribution in [3.05, 3.63) is 42.0 Å². The molecule has 0 bridgehead atoms. The second kappa shape index (κ2) is 7.94. The van der Waals surface area contributed by atoms with E-state index in [9.17, 15) is 0 Å². The Kier molecular flexibility index (Phi) is 5.45. The Morgan fingerprint density at radius 3 is 2.64 bits per heavy atom. The molecule has 7 nitrogen and oxygen atoms in total. The summed E-state index contributed by atoms with van der Waals surface area (Å²) in [7, 11) is 3.37. The lowest BCUT2D eigenvalue weighted by Crippen LogP contribution is -2.26. The van der Waals surface area contributed by atoms with Crippen LogP contribution < -0.4 is 9.64 Å². The van der Waals surface area contributed by atoms with Gasteiger partial charge in [0.05, 0.1) is 7.11 Å². The fourth-order valence-electron chi connectivity index (χ4n) is 2.69. The Labute approximate surface area is 146 Å². The monoisotopic (exact) mass is 342 g/mol. The number of rotatable bonds is 8. The average Bonchev–Trinajstić information content (AvgIpc) is 3.02. The highest BCUT2D eigenvalue weighted by molar-refractivity contribution is 5.81. The molecule has 2 aromatic heterocycles. The molecule has 0 atom stereocenters. The lowest BCUT2D eigenvalue weighted by molar-refractivity contribution is 0.196. The van der Waals surface area contributed by atoms with Crippen LogP contribution in [0.1, 0.15) is 17.9 Å². The van der Waals surface area contributed by atoms with Crippen LogP contribution in [0.3, 0.4) is 0 Å². The molecule has 3 aromatic rings. The minimum absolute atomic E-state index is 0.508. The molecule has 0 radical (unpaired) electrons. The molecule has 0 saturated carbocycles. The Bertz CT molecular complexity index is 817. The Balaban J connectivity index is 1.89. The molecule has 0 saturated heterocycles. The number of benzene rings is 1. The minimum Gasteiger partial charge on any atom is -0.497 e. The molecule has 7 heteroatoms. The van der Waals surface area contributed by atoms with Crippen LogP contribution in [0, 0.1) is 6.92 Å². The maximum atomic E-state index is 5.53. The highest BCUT2D eigenvalue weighted by Crippen LogP contribution is 2.25. The standard InChI is InChI=1S/C18H22N4O3/c1-13-21-16-17(19-12-20-18(16)25-13)22(9-4-10-23-2)11-14-5-7-15(24-3)8-6-14/h5-8,12H,4,9-11H2,1-3H3. The SMILES string of the molecule is COCCCN(Cc1ccc(OC)cc1)c1ncnc2oc(C)nc12. The number of aromatic nitrogens is 3. The highest BCUT2D eigenvalue weighted by Gasteiger charge is 2.17. The predicted molar refractivity (Wildman–Crippen MR) is 94.9 cm³/mol. The fraction of sp³-hybridized carbons (Fsp3) is 0.389. The summed E-state index contributed by atoms with van der Waals surface area (Å²) < 4.78 is 16.0. The van der Waals surface area contributed by atoms with Crippen LogP contribution in [0.5, 0.6) is 5.75 Å². The van der Waals surface area contributed by atoms with Crippen LogP contribution in [0.2, 0.25) is 0 Å². The van der Waals surface area contributed by atoms with Crippen LogP contribution in [0.4, 0.5) is 5.82 Å². The minimum atomic E-state index is 0.508. The van der Waals surface area contributed by atoms with Crippen molar-refractivity contribution in [1.29, 1.82) is 0 Å². The number of fused-ring (bicyclic) bond motifs is 1. The lowest BCUT2D eigenvalue weighted by Gasteiger charge is -2.23. The third kappa shape index (κ3) is 4.06. The van der Waals surface area contributed by atoms with E-state index in [0.717, 1.165) is 30.1 Å². The Morgan fingerprint density at radius 1 is 1.12 bits per heavy atom. The van der Waals surface area contributed by atoms with Gasteiger partial charge in [-0.15, -0.1) is 0 Å². The predicted octanol–water partition coefficient (Wildman–Crippen LogP) is 2.98. The lowest BCUT2D eigenvalue weighted by atomic mass is 10.2. The molecule has 0 aliphatic rings. The topological polar surface area (TPSA) is 73.5 Å². The summed E-state index contributed by atoms with van der Waals surface area (Å²) in [6.07, 6.45) is 2.40. The molecule has 0 unspecified atom stereocenters. The van der Waals surface area contributed by atoms with Gasteiger partial charge < -0.3 is 18.8 Å². The van der Waals surface area contributed by atoms with Gasteiger partial charge in [0.15, 0.2) is 17.2 Å². The average molecular weight is 342 g/mol. The molecule has 0 spiro atoms. The Morgan fingerprint density at radius 2 is 1.92 bits per heavy atom. The molecule has 0 N–H and O–H groups in total. The van der Waals surface area contributed by atoms with Gasteiger partial charge in [-0.3, -0.25) is 0 Å². The van der Waals surface area contributed by atoms with Crippen molar-refractivity contribution >= 4 is 17.0 Å². The van der Waals surface area contributed by atoms with Crippen molar-refractivity contribution in [1.82, 2.24) is 15.0 Å². The van der Waals surface area contributed by atoms with Gasteiger partial charge in [-0.2, -0.15) is 4.98 Å². The quantitative estimate of drug-likeness (QED) is 0.583. The number of hydrogen-bond acceptors (Lipinski definition) is 7. The van der Waals surface area contributed by atoms with E-state index in [1.165, 1.54) is 6.33 Å². The van der Waals surface area contributed by atoms with Crippen LogP contribution in [-0.2, 0) is 11.3 Å². The van der Waals surface area contributed by atoms with Gasteiger partial charge >= 0.3 is 0 Å². The van der Waals surface area contributed by atoms with E-state index in [0.29, 0.717) is 30.3 Å². The van der Waals surface area contributed by atoms with Crippen molar-refractivity contribution in [3.8, 4) is 5.75 Å². The molecule has 0 amide bonds. The third-order valence-electron chi connectivity index (χ3n) is 3.89. The zero-order chi connectivity index (χ0) is 17.6.